The Balaban J connectivity index is 1.29. The Labute approximate surface area is 240 Å². The van der Waals surface area contributed by atoms with Crippen molar-refractivity contribution in [2.75, 3.05) is 33.9 Å². The summed E-state index contributed by atoms with van der Waals surface area (Å²) in [4.78, 5) is 18.3. The Morgan fingerprint density at radius 1 is 1.10 bits per heavy atom. The maximum Gasteiger partial charge on any atom is 0.418 e. The summed E-state index contributed by atoms with van der Waals surface area (Å²) >= 11 is 0. The van der Waals surface area contributed by atoms with Gasteiger partial charge in [0.1, 0.15) is 0 Å². The van der Waals surface area contributed by atoms with Gasteiger partial charge < -0.3 is 4.74 Å². The zero-order chi connectivity index (χ0) is 28.9. The third-order valence-corrected chi connectivity index (χ3v) is 10.4. The first-order valence-corrected chi connectivity index (χ1v) is 15.4. The summed E-state index contributed by atoms with van der Waals surface area (Å²) in [6.45, 7) is 5.11. The van der Waals surface area contributed by atoms with Gasteiger partial charge in [0.25, 0.3) is 0 Å². The molecule has 0 aromatic carbocycles. The number of rotatable bonds is 7. The third kappa shape index (κ3) is 5.85. The summed E-state index contributed by atoms with van der Waals surface area (Å²) in [5, 5.41) is 0. The number of alkyl halides is 3. The van der Waals surface area contributed by atoms with Crippen molar-refractivity contribution in [1.29, 1.82) is 0 Å². The van der Waals surface area contributed by atoms with Crippen molar-refractivity contribution in [2.45, 2.75) is 89.3 Å². The molecule has 11 heteroatoms. The van der Waals surface area contributed by atoms with E-state index in [9.17, 15) is 18.0 Å². The SMILES string of the molecule is COC1CC(C(C2CCCC(n3cc4c(C(F)(F)F)cc(CN5CCC[C@H](C)C5)cn4c3=O)C2)C2NNCN2C)C1. The molecule has 6 rings (SSSR count). The van der Waals surface area contributed by atoms with Crippen LogP contribution in [0.1, 0.15) is 75.5 Å². The van der Waals surface area contributed by atoms with E-state index >= 15 is 0 Å². The van der Waals surface area contributed by atoms with Gasteiger partial charge in [0.05, 0.1) is 30.0 Å². The van der Waals surface area contributed by atoms with E-state index in [2.05, 4.69) is 34.6 Å². The first-order valence-electron chi connectivity index (χ1n) is 15.4. The predicted molar refractivity (Wildman–Crippen MR) is 151 cm³/mol. The number of aromatic nitrogens is 2. The highest BCUT2D eigenvalue weighted by Crippen LogP contribution is 2.47. The Morgan fingerprint density at radius 2 is 1.90 bits per heavy atom. The number of fused-ring (bicyclic) bond motifs is 1. The molecule has 4 fully saturated rings. The zero-order valence-corrected chi connectivity index (χ0v) is 24.5. The molecule has 0 bridgehead atoms. The number of pyridine rings is 1. The quantitative estimate of drug-likeness (QED) is 0.507. The Bertz CT molecular complexity index is 1270. The number of hydrazine groups is 1. The fourth-order valence-corrected chi connectivity index (χ4v) is 8.22. The second-order valence-corrected chi connectivity index (χ2v) is 13.2. The van der Waals surface area contributed by atoms with E-state index < -0.39 is 11.7 Å². The highest BCUT2D eigenvalue weighted by molar-refractivity contribution is 5.56. The van der Waals surface area contributed by atoms with E-state index in [1.165, 1.54) is 16.7 Å². The summed E-state index contributed by atoms with van der Waals surface area (Å²) in [7, 11) is 3.88. The number of imidazole rings is 1. The Hall–Kier alpha value is -1.92. The highest BCUT2D eigenvalue weighted by atomic mass is 19.4. The topological polar surface area (TPSA) is 66.2 Å². The molecule has 0 radical (unpaired) electrons. The minimum Gasteiger partial charge on any atom is -0.381 e. The van der Waals surface area contributed by atoms with Gasteiger partial charge in [-0.2, -0.15) is 13.2 Å². The average molecular weight is 579 g/mol. The number of hydrogen-bond acceptors (Lipinski definition) is 6. The van der Waals surface area contributed by atoms with Crippen molar-refractivity contribution in [3.63, 3.8) is 0 Å². The fourth-order valence-electron chi connectivity index (χ4n) is 8.22. The van der Waals surface area contributed by atoms with Gasteiger partial charge in [0.15, 0.2) is 0 Å². The van der Waals surface area contributed by atoms with Crippen LogP contribution in [0, 0.1) is 23.7 Å². The first kappa shape index (κ1) is 29.2. The first-order chi connectivity index (χ1) is 19.6. The fraction of sp³-hybridized carbons (Fsp3) is 0.767. The molecule has 2 aliphatic carbocycles. The molecule has 41 heavy (non-hydrogen) atoms. The van der Waals surface area contributed by atoms with Gasteiger partial charge in [0, 0.05) is 38.6 Å². The summed E-state index contributed by atoms with van der Waals surface area (Å²) in [6, 6.07) is 1.14. The molecule has 4 heterocycles. The zero-order valence-electron chi connectivity index (χ0n) is 24.5. The lowest BCUT2D eigenvalue weighted by molar-refractivity contribution is -0.136. The van der Waals surface area contributed by atoms with Gasteiger partial charge >= 0.3 is 11.9 Å². The molecule has 228 valence electrons. The molecule has 4 aliphatic rings. The standard InChI is InChI=1S/C30H45F3N6O2/c1-19-6-5-9-37(14-19)15-20-10-25(30(31,32)33)26-17-38(29(40)39(26)16-20)23-8-4-7-21(11-23)27(22-12-24(13-22)41-3)28-35-34-18-36(28)2/h10,16-17,19,21-24,27-28,34-35H,4-9,11-15,18H2,1-3H3/t19-,21?,22?,23?,24?,27?,28?/m0/s1. The van der Waals surface area contributed by atoms with E-state index in [0.717, 1.165) is 71.1 Å². The maximum atomic E-state index is 14.3. The molecule has 2 aromatic rings. The van der Waals surface area contributed by atoms with Crippen LogP contribution in [-0.2, 0) is 17.5 Å². The van der Waals surface area contributed by atoms with E-state index in [1.54, 1.807) is 17.9 Å². The molecule has 2 saturated heterocycles. The lowest BCUT2D eigenvalue weighted by Gasteiger charge is -2.48. The molecule has 2 aromatic heterocycles. The lowest BCUT2D eigenvalue weighted by atomic mass is 9.64. The van der Waals surface area contributed by atoms with Crippen LogP contribution in [0.3, 0.4) is 0 Å². The second kappa shape index (κ2) is 11.6. The van der Waals surface area contributed by atoms with Crippen LogP contribution in [0.15, 0.2) is 23.3 Å². The van der Waals surface area contributed by atoms with Crippen LogP contribution in [0.2, 0.25) is 0 Å². The molecule has 2 N–H and O–H groups in total. The molecule has 2 aliphatic heterocycles. The number of likely N-dealkylation sites (tertiary alicyclic amines) is 1. The van der Waals surface area contributed by atoms with Crippen LogP contribution < -0.4 is 16.5 Å². The number of hydrogen-bond donors (Lipinski definition) is 2. The van der Waals surface area contributed by atoms with Gasteiger partial charge in [-0.15, -0.1) is 0 Å². The van der Waals surface area contributed by atoms with E-state index in [1.807, 2.05) is 0 Å². The number of piperidine rings is 1. The van der Waals surface area contributed by atoms with Gasteiger partial charge in [0.2, 0.25) is 0 Å². The third-order valence-electron chi connectivity index (χ3n) is 10.4. The van der Waals surface area contributed by atoms with Crippen LogP contribution >= 0.6 is 0 Å². The molecular formula is C30H45F3N6O2. The van der Waals surface area contributed by atoms with Gasteiger partial charge in [-0.1, -0.05) is 13.3 Å². The summed E-state index contributed by atoms with van der Waals surface area (Å²) in [6.07, 6.45) is 6.93. The van der Waals surface area contributed by atoms with Crippen molar-refractivity contribution >= 4 is 5.52 Å². The van der Waals surface area contributed by atoms with Crippen molar-refractivity contribution < 1.29 is 17.9 Å². The van der Waals surface area contributed by atoms with Crippen LogP contribution in [0.5, 0.6) is 0 Å². The van der Waals surface area contributed by atoms with E-state index in [-0.39, 0.29) is 23.4 Å². The minimum absolute atomic E-state index is 0.0414. The number of halogens is 3. The maximum absolute atomic E-state index is 14.3. The van der Waals surface area contributed by atoms with Crippen molar-refractivity contribution in [2.24, 2.45) is 23.7 Å². The minimum atomic E-state index is -4.54. The number of ether oxygens (including phenoxy) is 1. The van der Waals surface area contributed by atoms with E-state index in [4.69, 9.17) is 4.74 Å². The van der Waals surface area contributed by atoms with Crippen molar-refractivity contribution in [3.8, 4) is 0 Å². The predicted octanol–water partition coefficient (Wildman–Crippen LogP) is 4.45. The number of methoxy groups -OCH3 is 1. The van der Waals surface area contributed by atoms with Gasteiger partial charge in [-0.25, -0.2) is 15.6 Å². The van der Waals surface area contributed by atoms with E-state index in [0.29, 0.717) is 41.9 Å². The largest absolute Gasteiger partial charge is 0.418 e. The molecule has 0 amide bonds. The summed E-state index contributed by atoms with van der Waals surface area (Å²) < 4.78 is 51.5. The number of nitrogens with zero attached hydrogens (tertiary/aromatic N) is 4. The highest BCUT2D eigenvalue weighted by Gasteiger charge is 2.46. The Morgan fingerprint density at radius 3 is 2.59 bits per heavy atom. The molecule has 2 saturated carbocycles. The van der Waals surface area contributed by atoms with Crippen LogP contribution in [0.4, 0.5) is 13.2 Å². The molecule has 0 spiro atoms. The normalized spacial score (nSPS) is 32.8. The lowest BCUT2D eigenvalue weighted by Crippen LogP contribution is -2.52. The van der Waals surface area contributed by atoms with Crippen molar-refractivity contribution in [1.82, 2.24) is 29.6 Å². The monoisotopic (exact) mass is 578 g/mol. The van der Waals surface area contributed by atoms with Crippen molar-refractivity contribution in [3.05, 3.63) is 40.1 Å². The van der Waals surface area contributed by atoms with Crippen LogP contribution in [0.25, 0.3) is 5.52 Å². The summed E-state index contributed by atoms with van der Waals surface area (Å²) in [5.41, 5.74) is 6.17. The molecule has 8 nitrogen and oxygen atoms in total. The summed E-state index contributed by atoms with van der Waals surface area (Å²) in [5.74, 6) is 1.79. The second-order valence-electron chi connectivity index (χ2n) is 13.2. The number of nitrogens with one attached hydrogen (secondary N) is 2. The smallest absolute Gasteiger partial charge is 0.381 e. The van der Waals surface area contributed by atoms with Crippen LogP contribution in [-0.4, -0.2) is 65.0 Å². The Kier molecular flexibility index (Phi) is 8.28. The molecule has 4 unspecified atom stereocenters. The van der Waals surface area contributed by atoms with Gasteiger partial charge in [-0.05, 0) is 93.8 Å². The van der Waals surface area contributed by atoms with Gasteiger partial charge in [-0.3, -0.25) is 18.8 Å². The molecule has 5 atom stereocenters. The average Bonchev–Trinajstić information content (AvgIpc) is 3.47. The molecular weight excluding hydrogens is 533 g/mol.